The summed E-state index contributed by atoms with van der Waals surface area (Å²) in [5, 5.41) is 16.1. The molecule has 0 saturated carbocycles. The number of hydrogen-bond acceptors (Lipinski definition) is 7. The number of nitrogens with one attached hydrogen (secondary N) is 2. The maximum absolute atomic E-state index is 12.3. The van der Waals surface area contributed by atoms with Gasteiger partial charge in [-0.05, 0) is 31.2 Å². The molecule has 0 radical (unpaired) electrons. The third-order valence-electron chi connectivity index (χ3n) is 3.86. The van der Waals surface area contributed by atoms with Crippen molar-refractivity contribution in [2.75, 3.05) is 16.4 Å². The number of fused-ring (bicyclic) bond motifs is 1. The normalized spacial score (nSPS) is 13.7. The van der Waals surface area contributed by atoms with Gasteiger partial charge in [0.1, 0.15) is 5.69 Å². The minimum absolute atomic E-state index is 0.00826. The fourth-order valence-corrected chi connectivity index (χ4v) is 3.25. The Morgan fingerprint density at radius 1 is 1.29 bits per heavy atom. The number of nitrogens with zero attached hydrogens (tertiary/aromatic N) is 1. The van der Waals surface area contributed by atoms with Gasteiger partial charge in [-0.25, -0.2) is 4.79 Å². The van der Waals surface area contributed by atoms with E-state index in [0.29, 0.717) is 11.4 Å². The molecule has 0 aromatic heterocycles. The number of esters is 1. The molecule has 0 spiro atoms. The third-order valence-corrected chi connectivity index (χ3v) is 4.93. The van der Waals surface area contributed by atoms with Crippen LogP contribution in [0.5, 0.6) is 0 Å². The Balaban J connectivity index is 1.67. The lowest BCUT2D eigenvalue weighted by atomic mass is 10.2. The average Bonchev–Trinajstić information content (AvgIpc) is 2.67. The van der Waals surface area contributed by atoms with Gasteiger partial charge in [-0.3, -0.25) is 19.7 Å². The van der Waals surface area contributed by atoms with Gasteiger partial charge in [-0.15, -0.1) is 11.8 Å². The number of rotatable bonds is 5. The molecule has 2 aromatic carbocycles. The number of carbonyl (C=O) groups is 3. The number of carbonyl (C=O) groups excluding carboxylic acids is 3. The van der Waals surface area contributed by atoms with Crippen LogP contribution in [0.15, 0.2) is 47.4 Å². The van der Waals surface area contributed by atoms with E-state index < -0.39 is 22.9 Å². The number of nitro benzene ring substituents is 1. The standard InChI is InChI=1S/C18H15N3O6S/c1-10(17(23)20-12-4-2-3-5-14(12)21(25)26)27-18(24)11-6-7-15-13(8-11)19-16(22)9-28-15/h2-8,10H,9H2,1H3,(H,19,22)(H,20,23). The summed E-state index contributed by atoms with van der Waals surface area (Å²) in [6.07, 6.45) is -1.19. The maximum atomic E-state index is 12.3. The van der Waals surface area contributed by atoms with Crippen molar-refractivity contribution >= 4 is 46.6 Å². The van der Waals surface area contributed by atoms with Crippen LogP contribution in [0.25, 0.3) is 0 Å². The molecule has 28 heavy (non-hydrogen) atoms. The second kappa shape index (κ2) is 8.09. The summed E-state index contributed by atoms with van der Waals surface area (Å²) < 4.78 is 5.15. The lowest BCUT2D eigenvalue weighted by Crippen LogP contribution is -2.30. The zero-order valence-corrected chi connectivity index (χ0v) is 15.4. The van der Waals surface area contributed by atoms with Crippen LogP contribution >= 0.6 is 11.8 Å². The number of amides is 2. The summed E-state index contributed by atoms with van der Waals surface area (Å²) in [5.74, 6) is -1.32. The van der Waals surface area contributed by atoms with Crippen LogP contribution in [-0.2, 0) is 14.3 Å². The molecule has 0 fully saturated rings. The Morgan fingerprint density at radius 2 is 2.04 bits per heavy atom. The topological polar surface area (TPSA) is 128 Å². The second-order valence-electron chi connectivity index (χ2n) is 5.86. The highest BCUT2D eigenvalue weighted by molar-refractivity contribution is 8.00. The zero-order chi connectivity index (χ0) is 20.3. The molecule has 3 rings (SSSR count). The lowest BCUT2D eigenvalue weighted by Gasteiger charge is -2.17. The van der Waals surface area contributed by atoms with Crippen LogP contribution in [0, 0.1) is 10.1 Å². The van der Waals surface area contributed by atoms with Gasteiger partial charge in [0, 0.05) is 11.0 Å². The van der Waals surface area contributed by atoms with Crippen LogP contribution in [0.2, 0.25) is 0 Å². The number of nitro groups is 1. The summed E-state index contributed by atoms with van der Waals surface area (Å²) in [6.45, 7) is 1.36. The van der Waals surface area contributed by atoms with E-state index in [9.17, 15) is 24.5 Å². The fourth-order valence-electron chi connectivity index (χ4n) is 2.47. The number of para-hydroxylation sites is 2. The molecule has 1 aliphatic rings. The molecular weight excluding hydrogens is 386 g/mol. The Labute approximate surface area is 163 Å². The first-order valence-corrected chi connectivity index (χ1v) is 9.15. The van der Waals surface area contributed by atoms with Crippen LogP contribution in [0.1, 0.15) is 17.3 Å². The van der Waals surface area contributed by atoms with Gasteiger partial charge >= 0.3 is 5.97 Å². The van der Waals surface area contributed by atoms with Gasteiger partial charge < -0.3 is 15.4 Å². The van der Waals surface area contributed by atoms with E-state index in [2.05, 4.69) is 10.6 Å². The second-order valence-corrected chi connectivity index (χ2v) is 6.88. The highest BCUT2D eigenvalue weighted by Gasteiger charge is 2.23. The van der Waals surface area contributed by atoms with Crippen molar-refractivity contribution < 1.29 is 24.0 Å². The first-order valence-electron chi connectivity index (χ1n) is 8.17. The first-order chi connectivity index (χ1) is 13.3. The molecule has 1 unspecified atom stereocenters. The third kappa shape index (κ3) is 4.29. The van der Waals surface area contributed by atoms with Crippen LogP contribution in [-0.4, -0.2) is 34.6 Å². The summed E-state index contributed by atoms with van der Waals surface area (Å²) in [5.41, 5.74) is 0.422. The quantitative estimate of drug-likeness (QED) is 0.448. The number of hydrogen-bond donors (Lipinski definition) is 2. The van der Waals surface area contributed by atoms with Gasteiger partial charge in [0.15, 0.2) is 6.10 Å². The van der Waals surface area contributed by atoms with Crippen LogP contribution in [0.3, 0.4) is 0 Å². The monoisotopic (exact) mass is 401 g/mol. The van der Waals surface area contributed by atoms with E-state index in [0.717, 1.165) is 4.90 Å². The fraction of sp³-hybridized carbons (Fsp3) is 0.167. The van der Waals surface area contributed by atoms with Crippen molar-refractivity contribution in [3.8, 4) is 0 Å². The van der Waals surface area contributed by atoms with Crippen LogP contribution in [0.4, 0.5) is 17.1 Å². The predicted octanol–water partition coefficient (Wildman–Crippen LogP) is 2.82. The van der Waals surface area contributed by atoms with Crippen LogP contribution < -0.4 is 10.6 Å². The molecule has 10 heteroatoms. The van der Waals surface area contributed by atoms with Crippen molar-refractivity contribution in [2.24, 2.45) is 0 Å². The highest BCUT2D eigenvalue weighted by Crippen LogP contribution is 2.32. The van der Waals surface area contributed by atoms with Crippen molar-refractivity contribution in [1.82, 2.24) is 0 Å². The van der Waals surface area contributed by atoms with E-state index in [1.807, 2.05) is 0 Å². The number of ether oxygens (including phenoxy) is 1. The lowest BCUT2D eigenvalue weighted by molar-refractivity contribution is -0.383. The molecule has 1 aliphatic heterocycles. The van der Waals surface area contributed by atoms with E-state index in [1.165, 1.54) is 49.0 Å². The molecule has 2 amide bonds. The molecule has 144 valence electrons. The Hall–Kier alpha value is -3.40. The molecule has 0 bridgehead atoms. The van der Waals surface area contributed by atoms with E-state index in [-0.39, 0.29) is 22.8 Å². The zero-order valence-electron chi connectivity index (χ0n) is 14.6. The number of thioether (sulfide) groups is 1. The summed E-state index contributed by atoms with van der Waals surface area (Å²) >= 11 is 1.36. The molecule has 2 aromatic rings. The molecular formula is C18H15N3O6S. The molecule has 0 saturated heterocycles. The molecule has 1 heterocycles. The largest absolute Gasteiger partial charge is 0.449 e. The molecule has 1 atom stereocenters. The summed E-state index contributed by atoms with van der Waals surface area (Å²) in [6, 6.07) is 10.4. The Morgan fingerprint density at radius 3 is 2.79 bits per heavy atom. The predicted molar refractivity (Wildman–Crippen MR) is 102 cm³/mol. The van der Waals surface area contributed by atoms with Gasteiger partial charge in [-0.1, -0.05) is 12.1 Å². The molecule has 2 N–H and O–H groups in total. The van der Waals surface area contributed by atoms with Gasteiger partial charge in [0.25, 0.3) is 11.6 Å². The Bertz CT molecular complexity index is 978. The van der Waals surface area contributed by atoms with Crippen molar-refractivity contribution in [1.29, 1.82) is 0 Å². The average molecular weight is 401 g/mol. The van der Waals surface area contributed by atoms with Crippen molar-refractivity contribution in [2.45, 2.75) is 17.9 Å². The van der Waals surface area contributed by atoms with Gasteiger partial charge in [0.2, 0.25) is 5.91 Å². The first kappa shape index (κ1) is 19.4. The Kier molecular flexibility index (Phi) is 5.59. The van der Waals surface area contributed by atoms with Gasteiger partial charge in [0.05, 0.1) is 21.9 Å². The minimum atomic E-state index is -1.19. The molecule has 9 nitrogen and oxygen atoms in total. The van der Waals surface area contributed by atoms with Gasteiger partial charge in [-0.2, -0.15) is 0 Å². The summed E-state index contributed by atoms with van der Waals surface area (Å²) in [7, 11) is 0. The SMILES string of the molecule is CC(OC(=O)c1ccc2c(c1)NC(=O)CS2)C(=O)Nc1ccccc1[N+](=O)[O-]. The van der Waals surface area contributed by atoms with Crippen molar-refractivity contribution in [3.63, 3.8) is 0 Å². The number of anilines is 2. The minimum Gasteiger partial charge on any atom is -0.449 e. The molecule has 0 aliphatic carbocycles. The number of benzene rings is 2. The van der Waals surface area contributed by atoms with E-state index in [4.69, 9.17) is 4.74 Å². The highest BCUT2D eigenvalue weighted by atomic mass is 32.2. The van der Waals surface area contributed by atoms with Crippen molar-refractivity contribution in [3.05, 3.63) is 58.1 Å². The summed E-state index contributed by atoms with van der Waals surface area (Å²) in [4.78, 5) is 47.3. The smallest absolute Gasteiger partial charge is 0.338 e. The maximum Gasteiger partial charge on any atom is 0.338 e. The van der Waals surface area contributed by atoms with E-state index in [1.54, 1.807) is 12.1 Å². The van der Waals surface area contributed by atoms with E-state index >= 15 is 0 Å².